The molecule has 4 aliphatic heterocycles. The summed E-state index contributed by atoms with van der Waals surface area (Å²) in [7, 11) is 0. The van der Waals surface area contributed by atoms with Gasteiger partial charge in [-0.05, 0) is 29.7 Å². The van der Waals surface area contributed by atoms with Crippen LogP contribution in [0.3, 0.4) is 0 Å². The zero-order chi connectivity index (χ0) is 32.2. The van der Waals surface area contributed by atoms with Crippen LogP contribution in [0.5, 0.6) is 0 Å². The Kier molecular flexibility index (Phi) is 7.17. The lowest BCUT2D eigenvalue weighted by atomic mass is 10.0. The standard InChI is InChI=1S/C22H24FN9O10P2S2/c23-10-9-3-37-43(34,45)42-15-14-20(31-6-27-11-8(24)1-2-26-16(11)31)40-22(15,4-36-14)5-38-44(35,46)41-13(10)19(39-9)32-7-28-12-17(32)29-21(25)30-18(12)33/h1-2,6-7,9-10,13-15,19-20H,3-5H2,(H2,24,26)(H,34,45)(H,35,46)(H3,25,29,30,33)/t9-,10-,13-,14?,15+,19-,20-,22-,43?,44?/m1/s1. The third kappa shape index (κ3) is 4.91. The highest BCUT2D eigenvalue weighted by molar-refractivity contribution is 8.07. The Morgan fingerprint density at radius 1 is 1.00 bits per heavy atom. The minimum atomic E-state index is -4.29. The van der Waals surface area contributed by atoms with E-state index >= 15 is 4.39 Å². The second kappa shape index (κ2) is 10.7. The van der Waals surface area contributed by atoms with Gasteiger partial charge in [-0.2, -0.15) is 4.98 Å². The van der Waals surface area contributed by atoms with Crippen LogP contribution in [0, 0.1) is 0 Å². The normalized spacial score (nSPS) is 39.7. The summed E-state index contributed by atoms with van der Waals surface area (Å²) >= 11 is 10.6. The molecule has 4 bridgehead atoms. The molecule has 3 unspecified atom stereocenters. The van der Waals surface area contributed by atoms with Crippen molar-refractivity contribution >= 4 is 71.0 Å². The highest BCUT2D eigenvalue weighted by Crippen LogP contribution is 2.58. The monoisotopic (exact) mass is 719 g/mol. The zero-order valence-corrected chi connectivity index (χ0v) is 26.5. The lowest BCUT2D eigenvalue weighted by Gasteiger charge is -2.33. The van der Waals surface area contributed by atoms with Crippen LogP contribution in [-0.2, 0) is 55.9 Å². The van der Waals surface area contributed by atoms with Gasteiger partial charge in [0, 0.05) is 6.20 Å². The van der Waals surface area contributed by atoms with E-state index in [-0.39, 0.29) is 23.7 Å². The van der Waals surface area contributed by atoms with Crippen molar-refractivity contribution < 1.29 is 46.5 Å². The Morgan fingerprint density at radius 2 is 1.74 bits per heavy atom. The number of imidazole rings is 2. The predicted octanol–water partition coefficient (Wildman–Crippen LogP) is -0.118. The molecule has 46 heavy (non-hydrogen) atoms. The number of aromatic nitrogens is 7. The van der Waals surface area contributed by atoms with E-state index in [0.717, 1.165) is 0 Å². The fourth-order valence-corrected chi connectivity index (χ4v) is 8.91. The molecule has 4 fully saturated rings. The molecule has 0 spiro atoms. The van der Waals surface area contributed by atoms with Crippen LogP contribution in [0.15, 0.2) is 29.7 Å². The van der Waals surface area contributed by atoms with Gasteiger partial charge in [0.15, 0.2) is 35.4 Å². The van der Waals surface area contributed by atoms with Crippen molar-refractivity contribution in [1.82, 2.24) is 34.1 Å². The molecule has 246 valence electrons. The van der Waals surface area contributed by atoms with Crippen LogP contribution < -0.4 is 17.0 Å². The molecule has 8 rings (SSSR count). The molecule has 4 aromatic heterocycles. The number of nitrogen functional groups attached to an aromatic ring is 2. The summed E-state index contributed by atoms with van der Waals surface area (Å²) in [5, 5.41) is 0. The maximum Gasteiger partial charge on any atom is 0.325 e. The van der Waals surface area contributed by atoms with Crippen LogP contribution >= 0.6 is 13.4 Å². The van der Waals surface area contributed by atoms with Crippen LogP contribution in [0.1, 0.15) is 12.5 Å². The second-order valence-electron chi connectivity index (χ2n) is 11.0. The number of nitrogens with two attached hydrogens (primary N) is 2. The van der Waals surface area contributed by atoms with E-state index in [1.807, 2.05) is 0 Å². The van der Waals surface area contributed by atoms with Crippen molar-refractivity contribution in [3.8, 4) is 0 Å². The quantitative estimate of drug-likeness (QED) is 0.169. The third-order valence-electron chi connectivity index (χ3n) is 8.10. The summed E-state index contributed by atoms with van der Waals surface area (Å²) < 4.78 is 60.1. The Bertz CT molecular complexity index is 2030. The van der Waals surface area contributed by atoms with Crippen molar-refractivity contribution in [2.24, 2.45) is 0 Å². The van der Waals surface area contributed by atoms with Gasteiger partial charge in [0.05, 0.1) is 38.2 Å². The molecule has 24 heteroatoms. The number of hydrogen-bond donors (Lipinski definition) is 5. The fourth-order valence-electron chi connectivity index (χ4n) is 6.03. The van der Waals surface area contributed by atoms with E-state index in [1.54, 1.807) is 10.6 Å². The molecule has 0 aliphatic carbocycles. The van der Waals surface area contributed by atoms with Crippen LogP contribution in [-0.4, -0.2) is 99.9 Å². The Labute approximate surface area is 266 Å². The first-order valence-corrected chi connectivity index (χ1v) is 18.7. The van der Waals surface area contributed by atoms with Crippen molar-refractivity contribution in [3.63, 3.8) is 0 Å². The van der Waals surface area contributed by atoms with Gasteiger partial charge in [-0.25, -0.2) is 19.3 Å². The fraction of sp³-hybridized carbons (Fsp3) is 0.500. The number of nitrogens with zero attached hydrogens (tertiary/aromatic N) is 6. The predicted molar refractivity (Wildman–Crippen MR) is 161 cm³/mol. The number of nitrogens with one attached hydrogen (secondary N) is 1. The topological polar surface area (TPSA) is 251 Å². The van der Waals surface area contributed by atoms with Gasteiger partial charge < -0.3 is 44.5 Å². The van der Waals surface area contributed by atoms with Gasteiger partial charge in [0.25, 0.3) is 5.56 Å². The molecule has 4 saturated heterocycles. The van der Waals surface area contributed by atoms with Crippen LogP contribution in [0.4, 0.5) is 16.0 Å². The first-order chi connectivity index (χ1) is 21.8. The number of ether oxygens (including phenoxy) is 3. The van der Waals surface area contributed by atoms with Crippen molar-refractivity contribution in [3.05, 3.63) is 35.3 Å². The van der Waals surface area contributed by atoms with Gasteiger partial charge in [-0.15, -0.1) is 0 Å². The van der Waals surface area contributed by atoms with Crippen LogP contribution in [0.25, 0.3) is 22.3 Å². The number of hydrogen-bond acceptors (Lipinski definition) is 16. The number of fused-ring (bicyclic) bond motifs is 4. The van der Waals surface area contributed by atoms with E-state index in [4.69, 9.17) is 67.4 Å². The lowest BCUT2D eigenvalue weighted by Crippen LogP contribution is -2.45. The molecule has 8 heterocycles. The molecule has 0 radical (unpaired) electrons. The number of H-pyrrole nitrogens is 1. The maximum absolute atomic E-state index is 16.0. The summed E-state index contributed by atoms with van der Waals surface area (Å²) in [6.45, 7) is -9.66. The Hall–Kier alpha value is -2.56. The summed E-state index contributed by atoms with van der Waals surface area (Å²) in [4.78, 5) is 53.8. The maximum atomic E-state index is 16.0. The Balaban J connectivity index is 1.14. The smallest absolute Gasteiger partial charge is 0.325 e. The largest absolute Gasteiger partial charge is 0.397 e. The molecular formula is C22H24FN9O10P2S2. The molecule has 0 aromatic carbocycles. The van der Waals surface area contributed by atoms with Crippen molar-refractivity contribution in [2.75, 3.05) is 31.3 Å². The summed E-state index contributed by atoms with van der Waals surface area (Å²) in [6, 6.07) is 1.60. The van der Waals surface area contributed by atoms with Gasteiger partial charge in [-0.1, -0.05) is 0 Å². The number of aromatic amines is 1. The highest BCUT2D eigenvalue weighted by atomic mass is 32.5. The lowest BCUT2D eigenvalue weighted by molar-refractivity contribution is -0.183. The van der Waals surface area contributed by atoms with Gasteiger partial charge in [0.1, 0.15) is 35.5 Å². The first-order valence-electron chi connectivity index (χ1n) is 13.5. The molecule has 0 amide bonds. The number of rotatable bonds is 2. The summed E-state index contributed by atoms with van der Waals surface area (Å²) in [6.07, 6.45) is -5.25. The minimum absolute atomic E-state index is 0.0537. The molecule has 0 saturated carbocycles. The van der Waals surface area contributed by atoms with E-state index in [0.29, 0.717) is 16.9 Å². The minimum Gasteiger partial charge on any atom is -0.397 e. The average molecular weight is 720 g/mol. The molecule has 4 aliphatic rings. The molecule has 10 atom stereocenters. The van der Waals surface area contributed by atoms with Gasteiger partial charge >= 0.3 is 13.4 Å². The highest BCUT2D eigenvalue weighted by Gasteiger charge is 2.65. The van der Waals surface area contributed by atoms with Crippen LogP contribution in [0.2, 0.25) is 0 Å². The second-order valence-corrected chi connectivity index (χ2v) is 16.5. The first kappa shape index (κ1) is 30.8. The average Bonchev–Trinajstić information content (AvgIpc) is 3.80. The summed E-state index contributed by atoms with van der Waals surface area (Å²) in [5.74, 6) is -0.231. The Morgan fingerprint density at radius 3 is 2.54 bits per heavy atom. The SMILES string of the molecule is Nc1nc2c(ncn2[C@@H]2O[C@@H]3COP(O)(=S)O[C@H]4C5OC[C@]4(COP(O)(=S)O[C@@H]2[C@@H]3F)O[C@H]5n2cnc3c(N)ccnc32)c(=O)[nH]1. The summed E-state index contributed by atoms with van der Waals surface area (Å²) in [5.41, 5.74) is 10.7. The number of halogens is 1. The zero-order valence-electron chi connectivity index (χ0n) is 23.1. The third-order valence-corrected chi connectivity index (χ3v) is 11.2. The van der Waals surface area contributed by atoms with E-state index in [1.165, 1.54) is 23.4 Å². The number of anilines is 2. The van der Waals surface area contributed by atoms with Gasteiger partial charge in [-0.3, -0.25) is 28.0 Å². The molecule has 19 nitrogen and oxygen atoms in total. The molecule has 4 aromatic rings. The van der Waals surface area contributed by atoms with E-state index in [2.05, 4.69) is 24.9 Å². The van der Waals surface area contributed by atoms with Gasteiger partial charge in [0.2, 0.25) is 5.95 Å². The molecule has 7 N–H and O–H groups in total. The van der Waals surface area contributed by atoms with E-state index < -0.39 is 80.9 Å². The van der Waals surface area contributed by atoms with E-state index in [9.17, 15) is 14.6 Å². The van der Waals surface area contributed by atoms with Crippen molar-refractivity contribution in [1.29, 1.82) is 0 Å². The molecular weight excluding hydrogens is 695 g/mol. The number of alkyl halides is 1. The number of pyridine rings is 1. The van der Waals surface area contributed by atoms with Crippen molar-refractivity contribution in [2.45, 2.75) is 48.6 Å².